The van der Waals surface area contributed by atoms with E-state index in [1.54, 1.807) is 4.90 Å². The van der Waals surface area contributed by atoms with Gasteiger partial charge in [-0.05, 0) is 25.7 Å². The normalized spacial score (nSPS) is 26.3. The van der Waals surface area contributed by atoms with E-state index >= 15 is 0 Å². The standard InChI is InChI=1S/C12H22N4O2/c13-11(15-18)9-4-3-7-16(8-9)12(17)14-10-5-1-2-6-10/h9-10,18H,1-8H2,(H2,13,15)(H,14,17). The van der Waals surface area contributed by atoms with Crippen molar-refractivity contribution in [3.8, 4) is 0 Å². The molecule has 1 saturated carbocycles. The van der Waals surface area contributed by atoms with Crippen LogP contribution in [0.1, 0.15) is 38.5 Å². The Hall–Kier alpha value is -1.46. The van der Waals surface area contributed by atoms with Crippen LogP contribution in [0, 0.1) is 5.92 Å². The Balaban J connectivity index is 1.85. The highest BCUT2D eigenvalue weighted by molar-refractivity contribution is 5.83. The second-order valence-corrected chi connectivity index (χ2v) is 5.24. The maximum absolute atomic E-state index is 12.1. The van der Waals surface area contributed by atoms with Crippen molar-refractivity contribution in [2.75, 3.05) is 13.1 Å². The van der Waals surface area contributed by atoms with Gasteiger partial charge in [-0.25, -0.2) is 4.79 Å². The minimum Gasteiger partial charge on any atom is -0.409 e. The van der Waals surface area contributed by atoms with Crippen molar-refractivity contribution < 1.29 is 10.0 Å². The maximum atomic E-state index is 12.1. The SMILES string of the molecule is NC(=NO)C1CCCN(C(=O)NC2CCCC2)C1. The smallest absolute Gasteiger partial charge is 0.317 e. The van der Waals surface area contributed by atoms with Crippen LogP contribution >= 0.6 is 0 Å². The molecule has 1 saturated heterocycles. The second-order valence-electron chi connectivity index (χ2n) is 5.24. The lowest BCUT2D eigenvalue weighted by Crippen LogP contribution is -2.50. The molecule has 1 aliphatic heterocycles. The minimum absolute atomic E-state index is 0.00246. The molecule has 4 N–H and O–H groups in total. The van der Waals surface area contributed by atoms with Gasteiger partial charge >= 0.3 is 6.03 Å². The number of amidine groups is 1. The Morgan fingerprint density at radius 2 is 2.00 bits per heavy atom. The number of oxime groups is 1. The first-order chi connectivity index (χ1) is 8.70. The highest BCUT2D eigenvalue weighted by Crippen LogP contribution is 2.20. The molecule has 1 unspecified atom stereocenters. The number of nitrogens with zero attached hydrogens (tertiary/aromatic N) is 2. The Labute approximate surface area is 107 Å². The summed E-state index contributed by atoms with van der Waals surface area (Å²) in [5, 5.41) is 14.8. The minimum atomic E-state index is -0.0157. The molecule has 0 spiro atoms. The molecule has 0 bridgehead atoms. The second kappa shape index (κ2) is 5.93. The van der Waals surface area contributed by atoms with E-state index in [1.165, 1.54) is 12.8 Å². The van der Waals surface area contributed by atoms with E-state index in [4.69, 9.17) is 10.9 Å². The number of carbonyl (C=O) groups excluding carboxylic acids is 1. The van der Waals surface area contributed by atoms with E-state index in [2.05, 4.69) is 10.5 Å². The average molecular weight is 254 g/mol. The number of nitrogens with two attached hydrogens (primary N) is 1. The number of piperidine rings is 1. The quantitative estimate of drug-likeness (QED) is 0.298. The van der Waals surface area contributed by atoms with E-state index < -0.39 is 0 Å². The highest BCUT2D eigenvalue weighted by Gasteiger charge is 2.27. The highest BCUT2D eigenvalue weighted by atomic mass is 16.4. The number of nitrogens with one attached hydrogen (secondary N) is 1. The van der Waals surface area contributed by atoms with Crippen molar-refractivity contribution in [3.63, 3.8) is 0 Å². The lowest BCUT2D eigenvalue weighted by molar-refractivity contribution is 0.173. The van der Waals surface area contributed by atoms with Gasteiger partial charge in [0, 0.05) is 25.0 Å². The molecular formula is C12H22N4O2. The third-order valence-corrected chi connectivity index (χ3v) is 3.93. The molecule has 102 valence electrons. The van der Waals surface area contributed by atoms with E-state index in [0.29, 0.717) is 12.6 Å². The first-order valence-corrected chi connectivity index (χ1v) is 6.73. The van der Waals surface area contributed by atoms with Gasteiger partial charge in [0.1, 0.15) is 5.84 Å². The molecule has 1 aliphatic carbocycles. The predicted octanol–water partition coefficient (Wildman–Crippen LogP) is 1.10. The Bertz CT molecular complexity index is 326. The van der Waals surface area contributed by atoms with E-state index in [9.17, 15) is 4.79 Å². The molecule has 0 radical (unpaired) electrons. The molecule has 2 fully saturated rings. The van der Waals surface area contributed by atoms with Crippen LogP contribution in [-0.2, 0) is 0 Å². The van der Waals surface area contributed by atoms with Crippen LogP contribution in [0.25, 0.3) is 0 Å². The molecule has 18 heavy (non-hydrogen) atoms. The van der Waals surface area contributed by atoms with Gasteiger partial charge in [0.05, 0.1) is 0 Å². The molecule has 2 aliphatic rings. The van der Waals surface area contributed by atoms with E-state index in [0.717, 1.165) is 32.2 Å². The van der Waals surface area contributed by atoms with Gasteiger partial charge in [0.25, 0.3) is 0 Å². The Morgan fingerprint density at radius 1 is 1.28 bits per heavy atom. The van der Waals surface area contributed by atoms with Crippen molar-refractivity contribution >= 4 is 11.9 Å². The largest absolute Gasteiger partial charge is 0.409 e. The number of rotatable bonds is 2. The van der Waals surface area contributed by atoms with Crippen molar-refractivity contribution in [2.45, 2.75) is 44.6 Å². The fourth-order valence-electron chi connectivity index (χ4n) is 2.82. The van der Waals surface area contributed by atoms with Crippen LogP contribution in [0.15, 0.2) is 5.16 Å². The molecule has 2 amide bonds. The lowest BCUT2D eigenvalue weighted by atomic mass is 9.97. The van der Waals surface area contributed by atoms with E-state index in [1.807, 2.05) is 0 Å². The van der Waals surface area contributed by atoms with Crippen molar-refractivity contribution in [1.29, 1.82) is 0 Å². The zero-order chi connectivity index (χ0) is 13.0. The lowest BCUT2D eigenvalue weighted by Gasteiger charge is -2.32. The van der Waals surface area contributed by atoms with Gasteiger partial charge in [0.15, 0.2) is 0 Å². The van der Waals surface area contributed by atoms with Crippen molar-refractivity contribution in [2.24, 2.45) is 16.8 Å². The van der Waals surface area contributed by atoms with Gasteiger partial charge in [0.2, 0.25) is 0 Å². The summed E-state index contributed by atoms with van der Waals surface area (Å²) in [6.07, 6.45) is 6.37. The Morgan fingerprint density at radius 3 is 2.67 bits per heavy atom. The third kappa shape index (κ3) is 3.05. The van der Waals surface area contributed by atoms with Crippen molar-refractivity contribution in [1.82, 2.24) is 10.2 Å². The van der Waals surface area contributed by atoms with Crippen molar-refractivity contribution in [3.05, 3.63) is 0 Å². The van der Waals surface area contributed by atoms with Gasteiger partial charge in [-0.1, -0.05) is 18.0 Å². The fourth-order valence-corrected chi connectivity index (χ4v) is 2.82. The number of carbonyl (C=O) groups is 1. The van der Waals surface area contributed by atoms with Gasteiger partial charge in [-0.3, -0.25) is 0 Å². The number of hydrogen-bond donors (Lipinski definition) is 3. The summed E-state index contributed by atoms with van der Waals surface area (Å²) < 4.78 is 0. The fraction of sp³-hybridized carbons (Fsp3) is 0.833. The van der Waals surface area contributed by atoms with Crippen LogP contribution in [-0.4, -0.2) is 41.1 Å². The summed E-state index contributed by atoms with van der Waals surface area (Å²) in [6.45, 7) is 1.31. The molecule has 0 aromatic heterocycles. The van der Waals surface area contributed by atoms with Gasteiger partial charge in [-0.2, -0.15) is 0 Å². The van der Waals surface area contributed by atoms with Crippen LogP contribution in [0.4, 0.5) is 4.79 Å². The summed E-state index contributed by atoms with van der Waals surface area (Å²) in [5.41, 5.74) is 5.62. The first kappa shape index (κ1) is 13.0. The summed E-state index contributed by atoms with van der Waals surface area (Å²) >= 11 is 0. The molecule has 1 heterocycles. The Kier molecular flexibility index (Phi) is 4.28. The predicted molar refractivity (Wildman–Crippen MR) is 68.5 cm³/mol. The molecule has 2 rings (SSSR count). The molecule has 1 atom stereocenters. The third-order valence-electron chi connectivity index (χ3n) is 3.93. The summed E-state index contributed by atoms with van der Waals surface area (Å²) in [4.78, 5) is 13.9. The summed E-state index contributed by atoms with van der Waals surface area (Å²) in [5.74, 6) is 0.214. The number of likely N-dealkylation sites (tertiary alicyclic amines) is 1. The monoisotopic (exact) mass is 254 g/mol. The molecule has 6 heteroatoms. The number of hydrogen-bond acceptors (Lipinski definition) is 3. The van der Waals surface area contributed by atoms with Gasteiger partial charge in [-0.15, -0.1) is 0 Å². The molecule has 0 aromatic carbocycles. The van der Waals surface area contributed by atoms with Crippen LogP contribution < -0.4 is 11.1 Å². The summed E-state index contributed by atoms with van der Waals surface area (Å²) in [6, 6.07) is 0.332. The average Bonchev–Trinajstić information content (AvgIpc) is 2.90. The first-order valence-electron chi connectivity index (χ1n) is 6.73. The maximum Gasteiger partial charge on any atom is 0.317 e. The molecule has 6 nitrogen and oxygen atoms in total. The zero-order valence-corrected chi connectivity index (χ0v) is 10.6. The molecular weight excluding hydrogens is 232 g/mol. The summed E-state index contributed by atoms with van der Waals surface area (Å²) in [7, 11) is 0. The zero-order valence-electron chi connectivity index (χ0n) is 10.6. The number of amides is 2. The topological polar surface area (TPSA) is 91.0 Å². The number of urea groups is 1. The van der Waals surface area contributed by atoms with E-state index in [-0.39, 0.29) is 17.8 Å². The molecule has 0 aromatic rings. The van der Waals surface area contributed by atoms with Gasteiger partial charge < -0.3 is 21.2 Å². The van der Waals surface area contributed by atoms with Crippen LogP contribution in [0.3, 0.4) is 0 Å². The van der Waals surface area contributed by atoms with Crippen LogP contribution in [0.5, 0.6) is 0 Å². The van der Waals surface area contributed by atoms with Crippen LogP contribution in [0.2, 0.25) is 0 Å².